The fourth-order valence-electron chi connectivity index (χ4n) is 6.41. The summed E-state index contributed by atoms with van der Waals surface area (Å²) in [6.45, 7) is 9.87. The second kappa shape index (κ2) is 19.6. The van der Waals surface area contributed by atoms with Crippen molar-refractivity contribution < 1.29 is 47.9 Å². The third-order valence-electron chi connectivity index (χ3n) is 10.2. The Morgan fingerprint density at radius 3 is 2.09 bits per heavy atom. The molecule has 55 heavy (non-hydrogen) atoms. The van der Waals surface area contributed by atoms with Gasteiger partial charge in [0, 0.05) is 39.3 Å². The maximum Gasteiger partial charge on any atom is 0.410 e. The highest BCUT2D eigenvalue weighted by molar-refractivity contribution is 5.87. The molecule has 2 amide bonds. The van der Waals surface area contributed by atoms with Crippen molar-refractivity contribution in [2.45, 2.75) is 109 Å². The van der Waals surface area contributed by atoms with Gasteiger partial charge in [-0.3, -0.25) is 9.69 Å². The molecule has 0 aromatic heterocycles. The van der Waals surface area contributed by atoms with E-state index in [1.807, 2.05) is 54.6 Å². The number of carbonyl (C=O) groups excluding carboxylic acids is 4. The van der Waals surface area contributed by atoms with Crippen LogP contribution in [0.15, 0.2) is 54.6 Å². The molecule has 1 heterocycles. The van der Waals surface area contributed by atoms with Crippen LogP contribution in [0, 0.1) is 11.8 Å². The molecule has 2 aromatic carbocycles. The monoisotopic (exact) mass is 765 g/mol. The van der Waals surface area contributed by atoms with Gasteiger partial charge in [0.25, 0.3) is 5.91 Å². The second-order valence-electron chi connectivity index (χ2n) is 16.1. The number of benzene rings is 2. The van der Waals surface area contributed by atoms with Crippen molar-refractivity contribution in [3.63, 3.8) is 0 Å². The highest BCUT2D eigenvalue weighted by atomic mass is 17.2. The minimum absolute atomic E-state index is 0.00432. The number of hydrogen-bond acceptors (Lipinski definition) is 11. The Labute approximate surface area is 325 Å². The summed E-state index contributed by atoms with van der Waals surface area (Å²) >= 11 is 0. The van der Waals surface area contributed by atoms with E-state index in [4.69, 9.17) is 28.7 Å². The van der Waals surface area contributed by atoms with E-state index in [0.29, 0.717) is 32.0 Å². The number of rotatable bonds is 19. The Balaban J connectivity index is 1.28. The lowest BCUT2D eigenvalue weighted by molar-refractivity contribution is -0.322. The number of hydrogen-bond donors (Lipinski definition) is 0. The van der Waals surface area contributed by atoms with Crippen molar-refractivity contribution in [1.82, 2.24) is 9.80 Å². The van der Waals surface area contributed by atoms with Gasteiger partial charge in [0.05, 0.1) is 19.3 Å². The summed E-state index contributed by atoms with van der Waals surface area (Å²) in [5, 5.41) is 0. The number of amides is 2. The lowest BCUT2D eigenvalue weighted by Crippen LogP contribution is -2.50. The van der Waals surface area contributed by atoms with Crippen LogP contribution in [0.3, 0.4) is 0 Å². The average molecular weight is 766 g/mol. The summed E-state index contributed by atoms with van der Waals surface area (Å²) in [5.41, 5.74) is 1.97. The van der Waals surface area contributed by atoms with Gasteiger partial charge in [0.1, 0.15) is 24.9 Å². The van der Waals surface area contributed by atoms with Crippen LogP contribution >= 0.6 is 0 Å². The lowest BCUT2D eigenvalue weighted by Gasteiger charge is -2.33. The van der Waals surface area contributed by atoms with Crippen molar-refractivity contribution in [3.8, 4) is 0 Å². The predicted molar refractivity (Wildman–Crippen MR) is 205 cm³/mol. The largest absolute Gasteiger partial charge is 0.459 e. The molecule has 0 unspecified atom stereocenters. The molecule has 0 spiro atoms. The molecule has 0 radical (unpaired) electrons. The van der Waals surface area contributed by atoms with Gasteiger partial charge in [0.15, 0.2) is 12.2 Å². The Morgan fingerprint density at radius 1 is 0.836 bits per heavy atom. The summed E-state index contributed by atoms with van der Waals surface area (Å²) < 4.78 is 22.6. The van der Waals surface area contributed by atoms with Crippen LogP contribution in [0.25, 0.3) is 0 Å². The van der Waals surface area contributed by atoms with E-state index in [1.165, 1.54) is 11.9 Å². The van der Waals surface area contributed by atoms with Crippen molar-refractivity contribution in [1.29, 1.82) is 0 Å². The molecule has 3 fully saturated rings. The van der Waals surface area contributed by atoms with E-state index < -0.39 is 53.8 Å². The zero-order valence-electron chi connectivity index (χ0n) is 33.3. The predicted octanol–water partition coefficient (Wildman–Crippen LogP) is 5.72. The fourth-order valence-corrected chi connectivity index (χ4v) is 6.41. The maximum absolute atomic E-state index is 14.5. The fraction of sp³-hybridized carbons (Fsp3) is 0.619. The second-order valence-corrected chi connectivity index (χ2v) is 16.1. The van der Waals surface area contributed by atoms with Gasteiger partial charge in [-0.15, -0.1) is 0 Å². The first-order valence-electron chi connectivity index (χ1n) is 19.6. The number of esters is 2. The average Bonchev–Trinajstić information content (AvgIpc) is 4.12. The van der Waals surface area contributed by atoms with E-state index in [0.717, 1.165) is 55.6 Å². The van der Waals surface area contributed by atoms with Gasteiger partial charge in [-0.2, -0.15) is 0 Å². The highest BCUT2D eigenvalue weighted by Gasteiger charge is 2.40. The first kappa shape index (κ1) is 42.0. The minimum Gasteiger partial charge on any atom is -0.459 e. The van der Waals surface area contributed by atoms with Gasteiger partial charge in [-0.05, 0) is 75.6 Å². The number of anilines is 1. The van der Waals surface area contributed by atoms with Crippen LogP contribution in [0.4, 0.5) is 10.5 Å². The molecule has 3 aliphatic rings. The van der Waals surface area contributed by atoms with Crippen LogP contribution < -0.4 is 4.90 Å². The molecular weight excluding hydrogens is 706 g/mol. The summed E-state index contributed by atoms with van der Waals surface area (Å²) in [6.07, 6.45) is 2.38. The SMILES string of the molecule is C[C@@H](OOC[C@H](CC1CC1)N(C)C(=O)[C@@H](Cc1ccc(N2CCOCC2)cc1)OC(=O)[C@H](CC1CC1)N(C)C(=O)OC(C)(C)C)C(=O)OCc1ccccc1. The number of carbonyl (C=O) groups is 4. The maximum atomic E-state index is 14.5. The summed E-state index contributed by atoms with van der Waals surface area (Å²) in [5.74, 6) is -0.935. The number of ether oxygens (including phenoxy) is 4. The van der Waals surface area contributed by atoms with Crippen LogP contribution in [0.5, 0.6) is 0 Å². The Bertz CT molecular complexity index is 1550. The highest BCUT2D eigenvalue weighted by Crippen LogP contribution is 2.36. The van der Waals surface area contributed by atoms with E-state index in [1.54, 1.807) is 39.6 Å². The standard InChI is InChI=1S/C42H59N3O10/c1-29(39(47)51-27-33-10-8-7-9-11-33)55-52-28-35(24-30-12-13-30)43(5)38(46)37(26-32-16-18-34(19-17-32)45-20-22-50-23-21-45)53-40(48)36(25-31-14-15-31)44(6)41(49)54-42(2,3)4/h7-11,16-19,29-31,35-37H,12-15,20-28H2,1-6H3/t29-,35+,36+,37-/m1/s1. The van der Waals surface area contributed by atoms with Gasteiger partial charge < -0.3 is 28.7 Å². The van der Waals surface area contributed by atoms with E-state index in [-0.39, 0.29) is 25.6 Å². The van der Waals surface area contributed by atoms with Gasteiger partial charge in [-0.25, -0.2) is 24.2 Å². The van der Waals surface area contributed by atoms with Gasteiger partial charge in [0.2, 0.25) is 0 Å². The summed E-state index contributed by atoms with van der Waals surface area (Å²) in [7, 11) is 3.21. The molecule has 0 bridgehead atoms. The van der Waals surface area contributed by atoms with Crippen molar-refractivity contribution >= 4 is 29.6 Å². The molecule has 4 atom stereocenters. The van der Waals surface area contributed by atoms with Crippen molar-refractivity contribution in [2.75, 3.05) is 51.9 Å². The van der Waals surface area contributed by atoms with Crippen LogP contribution in [0.1, 0.15) is 77.3 Å². The van der Waals surface area contributed by atoms with Crippen LogP contribution in [-0.2, 0) is 56.1 Å². The molecule has 302 valence electrons. The summed E-state index contributed by atoms with van der Waals surface area (Å²) in [6, 6.07) is 15.9. The molecule has 0 N–H and O–H groups in total. The van der Waals surface area contributed by atoms with Gasteiger partial charge in [-0.1, -0.05) is 68.1 Å². The molecule has 2 saturated carbocycles. The molecule has 2 aromatic rings. The molecule has 1 aliphatic heterocycles. The molecule has 13 heteroatoms. The normalized spacial score (nSPS) is 18.0. The number of likely N-dealkylation sites (N-methyl/N-ethyl adjacent to an activating group) is 2. The summed E-state index contributed by atoms with van der Waals surface area (Å²) in [4.78, 5) is 70.4. The Hall–Kier alpha value is -4.20. The van der Waals surface area contributed by atoms with E-state index in [9.17, 15) is 19.2 Å². The van der Waals surface area contributed by atoms with Crippen LogP contribution in [0.2, 0.25) is 0 Å². The minimum atomic E-state index is -1.19. The first-order valence-corrected chi connectivity index (χ1v) is 19.6. The van der Waals surface area contributed by atoms with Crippen LogP contribution in [-0.4, -0.2) is 111 Å². The number of nitrogens with zero attached hydrogens (tertiary/aromatic N) is 3. The van der Waals surface area contributed by atoms with Crippen molar-refractivity contribution in [3.05, 3.63) is 65.7 Å². The quantitative estimate of drug-likeness (QED) is 0.0753. The van der Waals surface area contributed by atoms with Gasteiger partial charge >= 0.3 is 18.0 Å². The smallest absolute Gasteiger partial charge is 0.410 e. The Morgan fingerprint density at radius 2 is 1.47 bits per heavy atom. The zero-order chi connectivity index (χ0) is 39.5. The van der Waals surface area contributed by atoms with E-state index in [2.05, 4.69) is 4.90 Å². The first-order chi connectivity index (χ1) is 26.3. The van der Waals surface area contributed by atoms with E-state index >= 15 is 0 Å². The topological polar surface area (TPSA) is 133 Å². The third-order valence-corrected chi connectivity index (χ3v) is 10.2. The Kier molecular flexibility index (Phi) is 14.9. The van der Waals surface area contributed by atoms with Crippen molar-refractivity contribution in [2.24, 2.45) is 11.8 Å². The molecule has 1 saturated heterocycles. The molecule has 13 nitrogen and oxygen atoms in total. The third kappa shape index (κ3) is 13.5. The molecule has 2 aliphatic carbocycles. The zero-order valence-corrected chi connectivity index (χ0v) is 33.3. The molecular formula is C42H59N3O10. The lowest BCUT2D eigenvalue weighted by atomic mass is 10.0. The number of morpholine rings is 1. The molecule has 5 rings (SSSR count).